The van der Waals surface area contributed by atoms with E-state index in [0.29, 0.717) is 16.6 Å². The molecule has 0 N–H and O–H groups in total. The van der Waals surface area contributed by atoms with Crippen LogP contribution in [0.2, 0.25) is 0 Å². The highest BCUT2D eigenvalue weighted by atomic mass is 32.1. The van der Waals surface area contributed by atoms with Crippen molar-refractivity contribution in [2.75, 3.05) is 25.2 Å². The first-order valence-electron chi connectivity index (χ1n) is 8.87. The van der Waals surface area contributed by atoms with Gasteiger partial charge in [0.2, 0.25) is 0 Å². The van der Waals surface area contributed by atoms with E-state index in [0.717, 1.165) is 46.1 Å². The van der Waals surface area contributed by atoms with Gasteiger partial charge in [-0.2, -0.15) is 0 Å². The second-order valence-electron chi connectivity index (χ2n) is 6.53. The lowest BCUT2D eigenvalue weighted by atomic mass is 10.2. The van der Waals surface area contributed by atoms with E-state index in [-0.39, 0.29) is 12.0 Å². The number of nitrogens with zero attached hydrogens (tertiary/aromatic N) is 3. The van der Waals surface area contributed by atoms with Crippen LogP contribution in [-0.2, 0) is 4.74 Å². The second kappa shape index (κ2) is 7.53. The Morgan fingerprint density at radius 2 is 2.19 bits per heavy atom. The molecule has 1 fully saturated rings. The summed E-state index contributed by atoms with van der Waals surface area (Å²) >= 11 is 2.94. The second-order valence-corrected chi connectivity index (χ2v) is 8.74. The minimum absolute atomic E-state index is 0.0461. The quantitative estimate of drug-likeness (QED) is 0.639. The maximum atomic E-state index is 13.3. The van der Waals surface area contributed by atoms with Crippen LogP contribution in [0, 0.1) is 13.8 Å². The molecular formula is C19H21N3O3S2. The standard InChI is InChI=1S/C19H21N3O3S2/c1-11-17(26-12(2)20-11)18(23)22(10-14-5-4-8-25-14)19-21-15-9-13(24-3)6-7-16(15)27-19/h6-7,9,14H,4-5,8,10H2,1-3H3. The molecule has 4 rings (SSSR count). The number of aromatic nitrogens is 2. The van der Waals surface area contributed by atoms with Crippen LogP contribution in [0.1, 0.15) is 33.2 Å². The number of methoxy groups -OCH3 is 1. The van der Waals surface area contributed by atoms with Gasteiger partial charge in [-0.25, -0.2) is 9.97 Å². The number of carbonyl (C=O) groups is 1. The molecule has 0 spiro atoms. The number of thiazole rings is 2. The molecule has 0 aliphatic carbocycles. The van der Waals surface area contributed by atoms with Crippen LogP contribution in [0.3, 0.4) is 0 Å². The van der Waals surface area contributed by atoms with E-state index in [9.17, 15) is 4.79 Å². The lowest BCUT2D eigenvalue weighted by Crippen LogP contribution is -2.37. The van der Waals surface area contributed by atoms with Crippen LogP contribution in [0.4, 0.5) is 5.13 Å². The Morgan fingerprint density at radius 1 is 1.33 bits per heavy atom. The van der Waals surface area contributed by atoms with Crippen molar-refractivity contribution in [2.45, 2.75) is 32.8 Å². The van der Waals surface area contributed by atoms with Crippen molar-refractivity contribution in [1.82, 2.24) is 9.97 Å². The monoisotopic (exact) mass is 403 g/mol. The van der Waals surface area contributed by atoms with Crippen molar-refractivity contribution in [3.05, 3.63) is 33.8 Å². The molecular weight excluding hydrogens is 382 g/mol. The van der Waals surface area contributed by atoms with E-state index in [1.807, 2.05) is 32.0 Å². The molecule has 0 saturated carbocycles. The fourth-order valence-electron chi connectivity index (χ4n) is 3.23. The number of hydrogen-bond acceptors (Lipinski definition) is 7. The number of hydrogen-bond donors (Lipinski definition) is 0. The Hall–Kier alpha value is -2.03. The Kier molecular flexibility index (Phi) is 5.12. The van der Waals surface area contributed by atoms with Crippen LogP contribution in [0.25, 0.3) is 10.2 Å². The van der Waals surface area contributed by atoms with Gasteiger partial charge in [0, 0.05) is 12.7 Å². The number of fused-ring (bicyclic) bond motifs is 1. The lowest BCUT2D eigenvalue weighted by Gasteiger charge is -2.22. The molecule has 6 nitrogen and oxygen atoms in total. The van der Waals surface area contributed by atoms with Gasteiger partial charge >= 0.3 is 0 Å². The van der Waals surface area contributed by atoms with Crippen molar-refractivity contribution < 1.29 is 14.3 Å². The minimum atomic E-state index is -0.0559. The van der Waals surface area contributed by atoms with Gasteiger partial charge in [0.1, 0.15) is 10.6 Å². The number of carbonyl (C=O) groups excluding carboxylic acids is 1. The van der Waals surface area contributed by atoms with Gasteiger partial charge in [-0.05, 0) is 38.8 Å². The Balaban J connectivity index is 1.72. The van der Waals surface area contributed by atoms with Crippen molar-refractivity contribution in [1.29, 1.82) is 0 Å². The first-order valence-corrected chi connectivity index (χ1v) is 10.5. The summed E-state index contributed by atoms with van der Waals surface area (Å²) in [5.74, 6) is 0.699. The summed E-state index contributed by atoms with van der Waals surface area (Å²) < 4.78 is 12.1. The summed E-state index contributed by atoms with van der Waals surface area (Å²) in [6.07, 6.45) is 2.04. The van der Waals surface area contributed by atoms with E-state index < -0.39 is 0 Å². The average molecular weight is 404 g/mol. The molecule has 1 aromatic carbocycles. The van der Waals surface area contributed by atoms with Gasteiger partial charge in [-0.15, -0.1) is 11.3 Å². The zero-order chi connectivity index (χ0) is 19.0. The average Bonchev–Trinajstić information content (AvgIpc) is 3.37. The maximum absolute atomic E-state index is 13.3. The predicted molar refractivity (Wildman–Crippen MR) is 108 cm³/mol. The molecule has 1 aliphatic rings. The first kappa shape index (κ1) is 18.3. The summed E-state index contributed by atoms with van der Waals surface area (Å²) in [6.45, 7) is 5.06. The molecule has 3 heterocycles. The summed E-state index contributed by atoms with van der Waals surface area (Å²) in [6, 6.07) is 5.78. The van der Waals surface area contributed by atoms with Crippen molar-refractivity contribution in [3.8, 4) is 5.75 Å². The third kappa shape index (κ3) is 3.69. The first-order chi connectivity index (χ1) is 13.0. The van der Waals surface area contributed by atoms with Crippen LogP contribution in [-0.4, -0.2) is 42.2 Å². The Labute approximate surface area is 165 Å². The Morgan fingerprint density at radius 3 is 2.85 bits per heavy atom. The van der Waals surface area contributed by atoms with Gasteiger partial charge in [0.05, 0.1) is 40.7 Å². The minimum Gasteiger partial charge on any atom is -0.497 e. The molecule has 8 heteroatoms. The summed E-state index contributed by atoms with van der Waals surface area (Å²) in [5.41, 5.74) is 1.60. The van der Waals surface area contributed by atoms with Crippen molar-refractivity contribution in [2.24, 2.45) is 0 Å². The maximum Gasteiger partial charge on any atom is 0.272 e. The highest BCUT2D eigenvalue weighted by Crippen LogP contribution is 2.33. The van der Waals surface area contributed by atoms with Crippen molar-refractivity contribution in [3.63, 3.8) is 0 Å². The normalized spacial score (nSPS) is 16.8. The zero-order valence-corrected chi connectivity index (χ0v) is 17.2. The molecule has 3 aromatic rings. The van der Waals surface area contributed by atoms with Gasteiger partial charge in [0.15, 0.2) is 5.13 Å². The molecule has 0 bridgehead atoms. The SMILES string of the molecule is COc1ccc2sc(N(CC3CCCO3)C(=O)c3sc(C)nc3C)nc2c1. The van der Waals surface area contributed by atoms with Crippen LogP contribution >= 0.6 is 22.7 Å². The molecule has 1 saturated heterocycles. The molecule has 0 radical (unpaired) electrons. The van der Waals surface area contributed by atoms with Crippen molar-refractivity contribution >= 4 is 43.9 Å². The molecule has 1 amide bonds. The number of ether oxygens (including phenoxy) is 2. The zero-order valence-electron chi connectivity index (χ0n) is 15.5. The summed E-state index contributed by atoms with van der Waals surface area (Å²) in [7, 11) is 1.64. The molecule has 1 unspecified atom stereocenters. The number of benzene rings is 1. The van der Waals surface area contributed by atoms with E-state index >= 15 is 0 Å². The Bertz CT molecular complexity index is 976. The van der Waals surface area contributed by atoms with Gasteiger partial charge in [-0.3, -0.25) is 9.69 Å². The largest absolute Gasteiger partial charge is 0.497 e. The third-order valence-corrected chi connectivity index (χ3v) is 6.69. The van der Waals surface area contributed by atoms with Gasteiger partial charge in [0.25, 0.3) is 5.91 Å². The number of anilines is 1. The molecule has 1 aliphatic heterocycles. The van der Waals surface area contributed by atoms with E-state index in [4.69, 9.17) is 14.5 Å². The predicted octanol–water partition coefficient (Wildman–Crippen LogP) is 4.20. The topological polar surface area (TPSA) is 64.6 Å². The van der Waals surface area contributed by atoms with Crippen LogP contribution < -0.4 is 9.64 Å². The van der Waals surface area contributed by atoms with E-state index in [1.165, 1.54) is 22.7 Å². The number of aryl methyl sites for hydroxylation is 2. The molecule has 1 atom stereocenters. The molecule has 27 heavy (non-hydrogen) atoms. The summed E-state index contributed by atoms with van der Waals surface area (Å²) in [5, 5.41) is 1.58. The van der Waals surface area contributed by atoms with E-state index in [2.05, 4.69) is 4.98 Å². The third-order valence-electron chi connectivity index (χ3n) is 4.57. The fraction of sp³-hybridized carbons (Fsp3) is 0.421. The van der Waals surface area contributed by atoms with Gasteiger partial charge in [-0.1, -0.05) is 11.3 Å². The fourth-order valence-corrected chi connectivity index (χ4v) is 5.05. The number of amides is 1. The van der Waals surface area contributed by atoms with Crippen LogP contribution in [0.15, 0.2) is 18.2 Å². The highest BCUT2D eigenvalue weighted by Gasteiger charge is 2.29. The highest BCUT2D eigenvalue weighted by molar-refractivity contribution is 7.22. The van der Waals surface area contributed by atoms with Gasteiger partial charge < -0.3 is 9.47 Å². The molecule has 2 aromatic heterocycles. The van der Waals surface area contributed by atoms with Crippen LogP contribution in [0.5, 0.6) is 5.75 Å². The number of rotatable bonds is 5. The summed E-state index contributed by atoms with van der Waals surface area (Å²) in [4.78, 5) is 24.9. The molecule has 142 valence electrons. The smallest absolute Gasteiger partial charge is 0.272 e. The lowest BCUT2D eigenvalue weighted by molar-refractivity contribution is 0.0920. The van der Waals surface area contributed by atoms with E-state index in [1.54, 1.807) is 12.0 Å².